The molecular weight excluding hydrogens is 540 g/mol. The van der Waals surface area contributed by atoms with Gasteiger partial charge in [-0.1, -0.05) is 0 Å². The van der Waals surface area contributed by atoms with Crippen molar-refractivity contribution in [3.8, 4) is 5.75 Å². The lowest BCUT2D eigenvalue weighted by Crippen LogP contribution is -2.74. The van der Waals surface area contributed by atoms with E-state index in [-0.39, 0.29) is 24.2 Å². The number of Topliss-reactive ketones (excluding diaryl/α,β-unsaturated/α-hetero) is 4. The van der Waals surface area contributed by atoms with Gasteiger partial charge in [0.1, 0.15) is 5.75 Å². The van der Waals surface area contributed by atoms with Crippen LogP contribution < -0.4 is 10.6 Å². The van der Waals surface area contributed by atoms with Crippen LogP contribution in [0.4, 0.5) is 5.69 Å². The van der Waals surface area contributed by atoms with Gasteiger partial charge in [0, 0.05) is 37.8 Å². The first-order valence-electron chi connectivity index (χ1n) is 14.8. The summed E-state index contributed by atoms with van der Waals surface area (Å²) in [5.41, 5.74) is 5.21. The molecule has 1 heterocycles. The van der Waals surface area contributed by atoms with E-state index in [1.165, 1.54) is 17.7 Å². The highest BCUT2D eigenvalue weighted by atomic mass is 16.3. The first-order chi connectivity index (χ1) is 19.7. The molecule has 1 aromatic rings. The molecule has 6 rings (SSSR count). The number of piperidine rings is 1. The Labute approximate surface area is 245 Å². The maximum Gasteiger partial charge on any atom is 0.235 e. The summed E-state index contributed by atoms with van der Waals surface area (Å²) < 4.78 is 0. The quantitative estimate of drug-likeness (QED) is 0.413. The highest BCUT2D eigenvalue weighted by molar-refractivity contribution is 6.32. The third-order valence-electron chi connectivity index (χ3n) is 10.9. The summed E-state index contributed by atoms with van der Waals surface area (Å²) >= 11 is 0. The lowest BCUT2D eigenvalue weighted by molar-refractivity contribution is -0.181. The lowest BCUT2D eigenvalue weighted by Gasteiger charge is -2.52. The van der Waals surface area contributed by atoms with E-state index in [2.05, 4.69) is 4.90 Å². The van der Waals surface area contributed by atoms with E-state index in [0.717, 1.165) is 31.6 Å². The topological polar surface area (TPSA) is 162 Å². The summed E-state index contributed by atoms with van der Waals surface area (Å²) in [6, 6.07) is 0.799. The third kappa shape index (κ3) is 4.07. The molecule has 1 spiro atoms. The van der Waals surface area contributed by atoms with Crippen molar-refractivity contribution >= 4 is 34.7 Å². The van der Waals surface area contributed by atoms with Crippen molar-refractivity contribution in [3.05, 3.63) is 22.8 Å². The molecule has 1 aromatic carbocycles. The van der Waals surface area contributed by atoms with Crippen molar-refractivity contribution in [2.24, 2.45) is 34.8 Å². The molecule has 0 aromatic heterocycles. The number of rotatable bonds is 5. The van der Waals surface area contributed by atoms with Gasteiger partial charge in [-0.15, -0.1) is 0 Å². The van der Waals surface area contributed by atoms with E-state index in [9.17, 15) is 34.2 Å². The molecule has 2 unspecified atom stereocenters. The van der Waals surface area contributed by atoms with E-state index in [1.807, 2.05) is 25.1 Å². The van der Waals surface area contributed by atoms with Gasteiger partial charge in [-0.05, 0) is 88.7 Å². The molecular formula is C31H40N4O7. The number of aliphatic hydroxyl groups is 1. The highest BCUT2D eigenvalue weighted by Crippen LogP contribution is 2.55. The zero-order valence-corrected chi connectivity index (χ0v) is 24.7. The van der Waals surface area contributed by atoms with Crippen molar-refractivity contribution in [2.75, 3.05) is 46.2 Å². The number of fused-ring (bicyclic) bond motifs is 3. The summed E-state index contributed by atoms with van der Waals surface area (Å²) in [7, 11) is 6.87. The molecule has 4 aliphatic carbocycles. The molecule has 4 fully saturated rings. The summed E-state index contributed by atoms with van der Waals surface area (Å²) in [5.74, 6) is -10.2. The van der Waals surface area contributed by atoms with Gasteiger partial charge in [0.15, 0.2) is 34.7 Å². The Morgan fingerprint density at radius 1 is 1.05 bits per heavy atom. The van der Waals surface area contributed by atoms with Crippen LogP contribution in [0.5, 0.6) is 5.75 Å². The predicted molar refractivity (Wildman–Crippen MR) is 152 cm³/mol. The van der Waals surface area contributed by atoms with E-state index >= 15 is 0 Å². The molecule has 0 radical (unpaired) electrons. The number of aromatic hydroxyl groups is 1. The van der Waals surface area contributed by atoms with Crippen LogP contribution in [0.2, 0.25) is 0 Å². The van der Waals surface area contributed by atoms with Gasteiger partial charge in [0.25, 0.3) is 0 Å². The summed E-state index contributed by atoms with van der Waals surface area (Å²) in [6.07, 6.45) is 5.08. The second-order valence-corrected chi connectivity index (χ2v) is 13.7. The SMILES string of the molecule is CN(C)c1cc(CN2CCC3(CC2)CC3)c(O)c2c1C[C@H]1C[C@H]3[C@H](N(C)C)C(=O)C(C(N)=O)C(=O)[C@@]3(O)C(=O)C1C2=O. The maximum atomic E-state index is 14.2. The first-order valence-corrected chi connectivity index (χ1v) is 14.8. The van der Waals surface area contributed by atoms with Gasteiger partial charge in [-0.2, -0.15) is 0 Å². The molecule has 0 bridgehead atoms. The molecule has 11 heteroatoms. The molecule has 6 atom stereocenters. The van der Waals surface area contributed by atoms with E-state index in [4.69, 9.17) is 5.73 Å². The summed E-state index contributed by atoms with van der Waals surface area (Å²) in [6.45, 7) is 2.28. The number of anilines is 1. The standard InChI is InChI=1S/C31H40N4O7/c1-33(2)19-13-16(14-35-9-7-30(5-6-30)8-10-35)24(36)21-17(19)11-15-12-18-23(34(3)4)26(38)22(29(32)41)28(40)31(18,42)27(39)20(15)25(21)37/h13,15,18,20,22-23,36,42H,5-12,14H2,1-4H3,(H2,32,41)/t15-,18-,20?,22?,23-,31-/m0/s1. The van der Waals surface area contributed by atoms with Crippen LogP contribution in [0.15, 0.2) is 6.07 Å². The first kappa shape index (κ1) is 28.9. The number of likely N-dealkylation sites (N-methyl/N-ethyl adjacent to an activating group) is 1. The predicted octanol–water partition coefficient (Wildman–Crippen LogP) is 0.309. The van der Waals surface area contributed by atoms with Crippen LogP contribution >= 0.6 is 0 Å². The number of likely N-dealkylation sites (tertiary alicyclic amines) is 1. The van der Waals surface area contributed by atoms with E-state index in [0.29, 0.717) is 23.1 Å². The molecule has 11 nitrogen and oxygen atoms in total. The van der Waals surface area contributed by atoms with E-state index < -0.39 is 64.4 Å². The Hall–Kier alpha value is -3.15. The largest absolute Gasteiger partial charge is 0.507 e. The number of benzene rings is 1. The van der Waals surface area contributed by atoms with Crippen molar-refractivity contribution in [3.63, 3.8) is 0 Å². The fraction of sp³-hybridized carbons (Fsp3) is 0.645. The number of carbonyl (C=O) groups excluding carboxylic acids is 5. The number of hydrogen-bond acceptors (Lipinski definition) is 10. The van der Waals surface area contributed by atoms with Crippen LogP contribution in [0, 0.1) is 29.1 Å². The van der Waals surface area contributed by atoms with Crippen LogP contribution in [-0.4, -0.2) is 102 Å². The van der Waals surface area contributed by atoms with Crippen LogP contribution in [-0.2, 0) is 32.1 Å². The van der Waals surface area contributed by atoms with Crippen molar-refractivity contribution in [1.82, 2.24) is 9.80 Å². The Morgan fingerprint density at radius 3 is 2.24 bits per heavy atom. The van der Waals surface area contributed by atoms with Crippen molar-refractivity contribution < 1.29 is 34.2 Å². The number of phenolic OH excluding ortho intramolecular Hbond substituents is 1. The third-order valence-corrected chi connectivity index (χ3v) is 10.9. The Balaban J connectivity index is 1.40. The van der Waals surface area contributed by atoms with Gasteiger partial charge >= 0.3 is 0 Å². The molecule has 3 saturated carbocycles. The lowest BCUT2D eigenvalue weighted by atomic mass is 9.52. The maximum absolute atomic E-state index is 14.2. The number of hydrogen-bond donors (Lipinski definition) is 3. The Morgan fingerprint density at radius 2 is 1.69 bits per heavy atom. The van der Waals surface area contributed by atoms with Gasteiger partial charge < -0.3 is 20.8 Å². The Kier molecular flexibility index (Phi) is 6.67. The molecule has 1 saturated heterocycles. The minimum Gasteiger partial charge on any atom is -0.507 e. The second-order valence-electron chi connectivity index (χ2n) is 13.7. The zero-order chi connectivity index (χ0) is 30.5. The number of ketones is 4. The number of nitrogens with zero attached hydrogens (tertiary/aromatic N) is 3. The van der Waals surface area contributed by atoms with Crippen LogP contribution in [0.1, 0.15) is 53.6 Å². The number of nitrogens with two attached hydrogens (primary N) is 1. The highest BCUT2D eigenvalue weighted by Gasteiger charge is 2.69. The molecule has 226 valence electrons. The minimum absolute atomic E-state index is 0.0365. The van der Waals surface area contributed by atoms with E-state index in [1.54, 1.807) is 14.1 Å². The number of amides is 1. The monoisotopic (exact) mass is 580 g/mol. The summed E-state index contributed by atoms with van der Waals surface area (Å²) in [5, 5.41) is 23.3. The average Bonchev–Trinajstić information content (AvgIpc) is 3.67. The molecule has 1 amide bonds. The Bertz CT molecular complexity index is 1410. The van der Waals surface area contributed by atoms with Gasteiger partial charge in [0.05, 0.1) is 17.5 Å². The molecule has 1 aliphatic heterocycles. The number of carbonyl (C=O) groups is 5. The molecule has 42 heavy (non-hydrogen) atoms. The van der Waals surface area contributed by atoms with Gasteiger partial charge in [-0.3, -0.25) is 33.8 Å². The molecule has 5 aliphatic rings. The van der Waals surface area contributed by atoms with Crippen molar-refractivity contribution in [1.29, 1.82) is 0 Å². The van der Waals surface area contributed by atoms with Gasteiger partial charge in [0.2, 0.25) is 5.91 Å². The second kappa shape index (κ2) is 9.68. The zero-order valence-electron chi connectivity index (χ0n) is 24.7. The van der Waals surface area contributed by atoms with Gasteiger partial charge in [-0.25, -0.2) is 0 Å². The molecule has 4 N–H and O–H groups in total. The fourth-order valence-electron chi connectivity index (χ4n) is 8.33. The fourth-order valence-corrected chi connectivity index (χ4v) is 8.33. The van der Waals surface area contributed by atoms with Crippen LogP contribution in [0.3, 0.4) is 0 Å². The smallest absolute Gasteiger partial charge is 0.235 e. The summed E-state index contributed by atoms with van der Waals surface area (Å²) in [4.78, 5) is 72.9. The number of phenols is 1. The normalized spacial score (nSPS) is 33.8. The minimum atomic E-state index is -2.72. The average molecular weight is 581 g/mol. The van der Waals surface area contributed by atoms with Crippen molar-refractivity contribution in [2.45, 2.75) is 56.7 Å². The van der Waals surface area contributed by atoms with Crippen LogP contribution in [0.25, 0.3) is 0 Å². The number of primary amides is 1.